The maximum absolute atomic E-state index is 12.5. The molecule has 126 valence electrons. The van der Waals surface area contributed by atoms with Gasteiger partial charge >= 0.3 is 0 Å². The van der Waals surface area contributed by atoms with E-state index in [0.717, 1.165) is 10.6 Å². The summed E-state index contributed by atoms with van der Waals surface area (Å²) in [6, 6.07) is 6.90. The summed E-state index contributed by atoms with van der Waals surface area (Å²) in [5.74, 6) is -0.727. The Hall–Kier alpha value is -1.76. The Morgan fingerprint density at radius 1 is 1.39 bits per heavy atom. The Kier molecular flexibility index (Phi) is 7.88. The van der Waals surface area contributed by atoms with Gasteiger partial charge in [0.1, 0.15) is 11.0 Å². The van der Waals surface area contributed by atoms with Crippen LogP contribution in [0.2, 0.25) is 0 Å². The van der Waals surface area contributed by atoms with Crippen LogP contribution < -0.4 is 4.72 Å². The van der Waals surface area contributed by atoms with Gasteiger partial charge in [0.05, 0.1) is 17.9 Å². The van der Waals surface area contributed by atoms with Gasteiger partial charge in [-0.1, -0.05) is 29.8 Å². The van der Waals surface area contributed by atoms with Crippen LogP contribution in [0.25, 0.3) is 0 Å². The second kappa shape index (κ2) is 9.39. The second-order valence-electron chi connectivity index (χ2n) is 5.11. The fourth-order valence-corrected chi connectivity index (χ4v) is 3.08. The van der Waals surface area contributed by atoms with Crippen LogP contribution in [0.15, 0.2) is 54.5 Å². The maximum Gasteiger partial charge on any atom is 0.251 e. The summed E-state index contributed by atoms with van der Waals surface area (Å²) in [6.07, 6.45) is 3.65. The Labute approximate surface area is 140 Å². The fraction of sp³-hybridized carbons (Fsp3) is 0.353. The van der Waals surface area contributed by atoms with Crippen LogP contribution in [-0.2, 0) is 20.6 Å². The molecule has 1 N–H and O–H groups in total. The molecule has 0 fully saturated rings. The van der Waals surface area contributed by atoms with Crippen molar-refractivity contribution in [2.45, 2.75) is 24.3 Å². The Morgan fingerprint density at radius 2 is 2.00 bits per heavy atom. The standard InChI is InChI=1S/C17H24N2O3S/c1-6-8-15(17(20)19(4)22-5)16(7-2)18-23(21)14-11-9-13(3)10-12-14/h6-7,9-12,15-16,18H,1-2,8H2,3-5H3/t15-,16+,23+/m1/s1. The molecule has 1 amide bonds. The lowest BCUT2D eigenvalue weighted by molar-refractivity contribution is -0.173. The predicted molar refractivity (Wildman–Crippen MR) is 92.8 cm³/mol. The number of allylic oxidation sites excluding steroid dienone is 1. The van der Waals surface area contributed by atoms with Crippen LogP contribution in [0, 0.1) is 12.8 Å². The van der Waals surface area contributed by atoms with Crippen LogP contribution >= 0.6 is 0 Å². The molecule has 0 aromatic heterocycles. The van der Waals surface area contributed by atoms with Gasteiger partial charge in [-0.05, 0) is 25.5 Å². The highest BCUT2D eigenvalue weighted by molar-refractivity contribution is 7.83. The molecule has 6 heteroatoms. The van der Waals surface area contributed by atoms with Gasteiger partial charge in [0.2, 0.25) is 0 Å². The van der Waals surface area contributed by atoms with Crippen molar-refractivity contribution < 1.29 is 13.8 Å². The number of benzene rings is 1. The number of aryl methyl sites for hydroxylation is 1. The molecule has 1 aromatic rings. The first-order chi connectivity index (χ1) is 10.9. The number of nitrogens with one attached hydrogen (secondary N) is 1. The van der Waals surface area contributed by atoms with Crippen molar-refractivity contribution in [3.63, 3.8) is 0 Å². The number of carbonyl (C=O) groups excluding carboxylic acids is 1. The van der Waals surface area contributed by atoms with Crippen LogP contribution in [0.1, 0.15) is 12.0 Å². The lowest BCUT2D eigenvalue weighted by atomic mass is 9.96. The zero-order valence-corrected chi connectivity index (χ0v) is 14.6. The van der Waals surface area contributed by atoms with Gasteiger partial charge in [-0.15, -0.1) is 13.2 Å². The van der Waals surface area contributed by atoms with Crippen molar-refractivity contribution in [3.05, 3.63) is 55.1 Å². The molecule has 0 saturated carbocycles. The van der Waals surface area contributed by atoms with Gasteiger partial charge in [0, 0.05) is 13.1 Å². The summed E-state index contributed by atoms with van der Waals surface area (Å²) >= 11 is 0. The highest BCUT2D eigenvalue weighted by atomic mass is 32.2. The molecule has 5 nitrogen and oxygen atoms in total. The van der Waals surface area contributed by atoms with E-state index in [1.165, 1.54) is 14.2 Å². The molecule has 0 aliphatic heterocycles. The zero-order chi connectivity index (χ0) is 17.4. The van der Waals surface area contributed by atoms with Gasteiger partial charge in [-0.25, -0.2) is 14.0 Å². The van der Waals surface area contributed by atoms with E-state index in [-0.39, 0.29) is 5.91 Å². The van der Waals surface area contributed by atoms with Crippen LogP contribution in [0.3, 0.4) is 0 Å². The minimum absolute atomic E-state index is 0.231. The number of nitrogens with zero attached hydrogens (tertiary/aromatic N) is 1. The molecule has 0 aliphatic rings. The van der Waals surface area contributed by atoms with Crippen LogP contribution in [0.5, 0.6) is 0 Å². The molecular formula is C17H24N2O3S. The Bertz CT molecular complexity index is 572. The predicted octanol–water partition coefficient (Wildman–Crippen LogP) is 2.37. The van der Waals surface area contributed by atoms with Crippen molar-refractivity contribution in [2.24, 2.45) is 5.92 Å². The first-order valence-electron chi connectivity index (χ1n) is 7.24. The number of hydrogen-bond acceptors (Lipinski definition) is 3. The summed E-state index contributed by atoms with van der Waals surface area (Å²) in [7, 11) is 1.51. The highest BCUT2D eigenvalue weighted by Gasteiger charge is 2.29. The van der Waals surface area contributed by atoms with Crippen molar-refractivity contribution in [2.75, 3.05) is 14.2 Å². The number of hydrogen-bond donors (Lipinski definition) is 1. The van der Waals surface area contributed by atoms with Crippen LogP contribution in [0.4, 0.5) is 0 Å². The number of amides is 1. The highest BCUT2D eigenvalue weighted by Crippen LogP contribution is 2.17. The second-order valence-corrected chi connectivity index (χ2v) is 6.35. The molecule has 1 rings (SSSR count). The summed E-state index contributed by atoms with van der Waals surface area (Å²) in [5.41, 5.74) is 1.09. The molecule has 0 saturated heterocycles. The van der Waals surface area contributed by atoms with E-state index in [0.29, 0.717) is 11.3 Å². The van der Waals surface area contributed by atoms with Gasteiger partial charge in [-0.2, -0.15) is 0 Å². The number of carbonyl (C=O) groups is 1. The van der Waals surface area contributed by atoms with Crippen molar-refractivity contribution in [3.8, 4) is 0 Å². The first-order valence-corrected chi connectivity index (χ1v) is 8.39. The molecule has 23 heavy (non-hydrogen) atoms. The summed E-state index contributed by atoms with van der Waals surface area (Å²) in [6.45, 7) is 9.40. The van der Waals surface area contributed by atoms with Gasteiger partial charge in [0.25, 0.3) is 5.91 Å². The molecule has 1 aromatic carbocycles. The van der Waals surface area contributed by atoms with E-state index in [1.54, 1.807) is 24.3 Å². The Morgan fingerprint density at radius 3 is 2.48 bits per heavy atom. The summed E-state index contributed by atoms with van der Waals surface area (Å²) in [5, 5.41) is 1.15. The number of rotatable bonds is 9. The average Bonchev–Trinajstić information content (AvgIpc) is 2.56. The van der Waals surface area contributed by atoms with E-state index in [1.807, 2.05) is 19.1 Å². The third-order valence-corrected chi connectivity index (χ3v) is 4.67. The van der Waals surface area contributed by atoms with Crippen molar-refractivity contribution >= 4 is 16.9 Å². The minimum atomic E-state index is -1.44. The van der Waals surface area contributed by atoms with Crippen molar-refractivity contribution in [1.82, 2.24) is 9.79 Å². The van der Waals surface area contributed by atoms with Gasteiger partial charge < -0.3 is 0 Å². The number of hydroxylamine groups is 2. The topological polar surface area (TPSA) is 58.6 Å². The minimum Gasteiger partial charge on any atom is -0.275 e. The fourth-order valence-electron chi connectivity index (χ4n) is 2.05. The lowest BCUT2D eigenvalue weighted by Gasteiger charge is -2.26. The van der Waals surface area contributed by atoms with Crippen LogP contribution in [-0.4, -0.2) is 35.4 Å². The maximum atomic E-state index is 12.5. The molecule has 0 unspecified atom stereocenters. The Balaban J connectivity index is 2.92. The average molecular weight is 336 g/mol. The third kappa shape index (κ3) is 5.42. The molecule has 3 atom stereocenters. The third-order valence-electron chi connectivity index (χ3n) is 3.49. The molecule has 0 bridgehead atoms. The molecule has 0 radical (unpaired) electrons. The quantitative estimate of drug-likeness (QED) is 0.556. The van der Waals surface area contributed by atoms with Gasteiger partial charge in [0.15, 0.2) is 0 Å². The van der Waals surface area contributed by atoms with E-state index < -0.39 is 22.9 Å². The van der Waals surface area contributed by atoms with E-state index in [4.69, 9.17) is 4.84 Å². The summed E-state index contributed by atoms with van der Waals surface area (Å²) in [4.78, 5) is 18.0. The largest absolute Gasteiger partial charge is 0.275 e. The van der Waals surface area contributed by atoms with E-state index in [2.05, 4.69) is 17.9 Å². The summed E-state index contributed by atoms with van der Waals surface area (Å²) < 4.78 is 15.4. The monoisotopic (exact) mass is 336 g/mol. The van der Waals surface area contributed by atoms with E-state index in [9.17, 15) is 9.00 Å². The molecule has 0 heterocycles. The van der Waals surface area contributed by atoms with Crippen molar-refractivity contribution in [1.29, 1.82) is 0 Å². The smallest absolute Gasteiger partial charge is 0.251 e. The normalized spacial score (nSPS) is 14.6. The lowest BCUT2D eigenvalue weighted by Crippen LogP contribution is -2.44. The molecule has 0 aliphatic carbocycles. The first kappa shape index (κ1) is 19.3. The van der Waals surface area contributed by atoms with Gasteiger partial charge in [-0.3, -0.25) is 9.63 Å². The zero-order valence-electron chi connectivity index (χ0n) is 13.8. The molecular weight excluding hydrogens is 312 g/mol. The molecule has 0 spiro atoms. The van der Waals surface area contributed by atoms with E-state index >= 15 is 0 Å². The SMILES string of the molecule is C=CC[C@@H](C(=O)N(C)OC)[C@H](C=C)N[S@@](=O)c1ccc(C)cc1.